The largest absolute Gasteiger partial charge is 2.00 e. The van der Waals surface area contributed by atoms with Crippen molar-refractivity contribution < 1.29 is 29.7 Å². The number of hydrogen-bond donors (Lipinski definition) is 0. The van der Waals surface area contributed by atoms with Crippen molar-refractivity contribution in [1.82, 2.24) is 0 Å². The first-order valence-electron chi connectivity index (χ1n) is 6.15. The van der Waals surface area contributed by atoms with Gasteiger partial charge in [-0.2, -0.15) is 0 Å². The second-order valence-corrected chi connectivity index (χ2v) is 3.96. The summed E-state index contributed by atoms with van der Waals surface area (Å²) in [6, 6.07) is 0. The quantitative estimate of drug-likeness (QED) is 0.558. The molecule has 0 amide bonds. The molecular weight excluding hydrogens is 266 g/mol. The van der Waals surface area contributed by atoms with Crippen LogP contribution in [-0.4, -0.2) is 0 Å². The van der Waals surface area contributed by atoms with Crippen LogP contribution in [-0.2, 0) is 19.5 Å². The zero-order valence-corrected chi connectivity index (χ0v) is 14.9. The van der Waals surface area contributed by atoms with E-state index in [1.165, 1.54) is 0 Å². The normalized spacial score (nSPS) is 9.29. The topological polar surface area (TPSA) is 46.1 Å². The third-order valence-electron chi connectivity index (χ3n) is 2.88. The predicted octanol–water partition coefficient (Wildman–Crippen LogP) is 2.59. The Morgan fingerprint density at radius 3 is 0.941 bits per heavy atom. The molecule has 0 rings (SSSR count). The third kappa shape index (κ3) is 12.0. The summed E-state index contributed by atoms with van der Waals surface area (Å²) in [4.78, 5) is 0. The summed E-state index contributed by atoms with van der Waals surface area (Å²) in [6.07, 6.45) is 3.72. The molecule has 0 bridgehead atoms. The molecule has 0 radical (unpaired) electrons. The third-order valence-corrected chi connectivity index (χ3v) is 2.88. The van der Waals surface area contributed by atoms with Crippen molar-refractivity contribution in [1.29, 1.82) is 0 Å². The van der Waals surface area contributed by atoms with E-state index < -0.39 is 0 Å². The average molecular weight is 292 g/mol. The van der Waals surface area contributed by atoms with Crippen LogP contribution in [0.2, 0.25) is 0 Å². The van der Waals surface area contributed by atoms with Crippen molar-refractivity contribution in [3.05, 3.63) is 24.7 Å². The first kappa shape index (κ1) is 21.9. The summed E-state index contributed by atoms with van der Waals surface area (Å²) in [5.74, 6) is 0.565. The summed E-state index contributed by atoms with van der Waals surface area (Å²) < 4.78 is 0. The molecule has 0 saturated heterocycles. The fraction of sp³-hybridized carbons (Fsp3) is 0.714. The van der Waals surface area contributed by atoms with Gasteiger partial charge in [0, 0.05) is 0 Å². The first-order valence-corrected chi connectivity index (χ1v) is 6.15. The molecule has 0 saturated carbocycles. The average Bonchev–Trinajstić information content (AvgIpc) is 2.21. The van der Waals surface area contributed by atoms with E-state index in [-0.39, 0.29) is 42.8 Å². The Hall–Kier alpha value is -0.297. The zero-order chi connectivity index (χ0) is 13.1. The van der Waals surface area contributed by atoms with Crippen LogP contribution < -0.4 is 10.2 Å². The van der Waals surface area contributed by atoms with Crippen LogP contribution in [0.5, 0.6) is 0 Å². The molecule has 96 valence electrons. The van der Waals surface area contributed by atoms with Gasteiger partial charge in [-0.3, -0.25) is 0 Å². The molecule has 0 aliphatic heterocycles. The maximum Gasteiger partial charge on any atom is 2.00 e. The van der Waals surface area contributed by atoms with Gasteiger partial charge in [0.05, 0.1) is 0 Å². The van der Waals surface area contributed by atoms with Gasteiger partial charge >= 0.3 is 19.5 Å². The van der Waals surface area contributed by atoms with Crippen LogP contribution in [0, 0.1) is 11.8 Å². The van der Waals surface area contributed by atoms with Crippen molar-refractivity contribution >= 4 is 0 Å². The summed E-state index contributed by atoms with van der Waals surface area (Å²) in [6.45, 7) is 14.7. The van der Waals surface area contributed by atoms with Gasteiger partial charge in [-0.05, 0) is 11.8 Å². The fourth-order valence-corrected chi connectivity index (χ4v) is 1.49. The van der Waals surface area contributed by atoms with E-state index in [1.807, 2.05) is 27.7 Å². The molecule has 2 nitrogen and oxygen atoms in total. The molecule has 0 heterocycles. The van der Waals surface area contributed by atoms with Crippen molar-refractivity contribution in [2.45, 2.75) is 53.4 Å². The van der Waals surface area contributed by atoms with Crippen molar-refractivity contribution in [3.63, 3.8) is 0 Å². The van der Waals surface area contributed by atoms with E-state index in [0.29, 0.717) is 0 Å². The van der Waals surface area contributed by atoms with Crippen LogP contribution >= 0.6 is 0 Å². The predicted molar refractivity (Wildman–Crippen MR) is 66.4 cm³/mol. The maximum atomic E-state index is 10.5. The van der Waals surface area contributed by atoms with Gasteiger partial charge in [-0.1, -0.05) is 53.4 Å². The van der Waals surface area contributed by atoms with Gasteiger partial charge in [-0.25, -0.2) is 0 Å². The standard InChI is InChI=1S/2C7H14O.Zn/c2*1-4-7(5-2)6(3)8;/h2*7-8H,3-5H2,1-2H3;/q;;+2/p-2. The Balaban J connectivity index is -0.000000218. The number of rotatable bonds is 6. The molecule has 0 N–H and O–H groups in total. The summed E-state index contributed by atoms with van der Waals surface area (Å²) in [7, 11) is 0. The van der Waals surface area contributed by atoms with E-state index in [4.69, 9.17) is 0 Å². The molecule has 0 unspecified atom stereocenters. The molecule has 0 aromatic carbocycles. The molecule has 17 heavy (non-hydrogen) atoms. The van der Waals surface area contributed by atoms with E-state index in [0.717, 1.165) is 25.7 Å². The van der Waals surface area contributed by atoms with Gasteiger partial charge in [-0.15, -0.1) is 24.7 Å². The van der Waals surface area contributed by atoms with Crippen molar-refractivity contribution in [3.8, 4) is 0 Å². The van der Waals surface area contributed by atoms with Gasteiger partial charge in [0.25, 0.3) is 0 Å². The summed E-state index contributed by atoms with van der Waals surface area (Å²) in [5.41, 5.74) is 0. The Morgan fingerprint density at radius 1 is 0.765 bits per heavy atom. The molecular formula is C14H26O2Zn. The minimum atomic E-state index is 0. The Labute approximate surface area is 120 Å². The van der Waals surface area contributed by atoms with Crippen LogP contribution in [0.3, 0.4) is 0 Å². The maximum absolute atomic E-state index is 10.5. The van der Waals surface area contributed by atoms with E-state index in [9.17, 15) is 10.2 Å². The van der Waals surface area contributed by atoms with E-state index in [1.54, 1.807) is 0 Å². The van der Waals surface area contributed by atoms with E-state index >= 15 is 0 Å². The van der Waals surface area contributed by atoms with Crippen LogP contribution in [0.25, 0.3) is 0 Å². The second kappa shape index (κ2) is 13.8. The van der Waals surface area contributed by atoms with Crippen LogP contribution in [0.4, 0.5) is 0 Å². The smallest absolute Gasteiger partial charge is 0.876 e. The molecule has 0 fully saturated rings. The minimum Gasteiger partial charge on any atom is -0.876 e. The Bertz CT molecular complexity index is 172. The molecule has 3 heteroatoms. The van der Waals surface area contributed by atoms with Crippen molar-refractivity contribution in [2.75, 3.05) is 0 Å². The number of allylic oxidation sites excluding steroid dienone is 2. The van der Waals surface area contributed by atoms with Gasteiger partial charge in [0.1, 0.15) is 0 Å². The van der Waals surface area contributed by atoms with Crippen molar-refractivity contribution in [2.24, 2.45) is 11.8 Å². The Kier molecular flexibility index (Phi) is 17.8. The number of hydrogen-bond acceptors (Lipinski definition) is 2. The first-order chi connectivity index (χ1) is 7.44. The van der Waals surface area contributed by atoms with Gasteiger partial charge < -0.3 is 10.2 Å². The van der Waals surface area contributed by atoms with E-state index in [2.05, 4.69) is 13.2 Å². The molecule has 0 aromatic heterocycles. The molecule has 0 aliphatic rings. The monoisotopic (exact) mass is 290 g/mol. The summed E-state index contributed by atoms with van der Waals surface area (Å²) >= 11 is 0. The minimum absolute atomic E-state index is 0. The second-order valence-electron chi connectivity index (χ2n) is 3.96. The molecule has 0 aromatic rings. The fourth-order valence-electron chi connectivity index (χ4n) is 1.49. The van der Waals surface area contributed by atoms with Crippen LogP contribution in [0.15, 0.2) is 24.7 Å². The molecule has 0 atom stereocenters. The van der Waals surface area contributed by atoms with Crippen LogP contribution in [0.1, 0.15) is 53.4 Å². The van der Waals surface area contributed by atoms with Gasteiger partial charge in [0.15, 0.2) is 0 Å². The Morgan fingerprint density at radius 2 is 0.941 bits per heavy atom. The molecule has 0 spiro atoms. The summed E-state index contributed by atoms with van der Waals surface area (Å²) in [5, 5.41) is 21.0. The zero-order valence-electron chi connectivity index (χ0n) is 11.9. The molecule has 0 aliphatic carbocycles. The SMILES string of the molecule is C=C([O-])C(CC)CC.C=C([O-])C(CC)CC.[Zn+2]. The van der Waals surface area contributed by atoms with Gasteiger partial charge in [0.2, 0.25) is 0 Å².